The summed E-state index contributed by atoms with van der Waals surface area (Å²) in [5.74, 6) is -0.307. The van der Waals surface area contributed by atoms with Gasteiger partial charge in [-0.1, -0.05) is 67.6 Å². The van der Waals surface area contributed by atoms with Crippen LogP contribution in [-0.4, -0.2) is 26.7 Å². The summed E-state index contributed by atoms with van der Waals surface area (Å²) in [6, 6.07) is 19.5. The zero-order valence-electron chi connectivity index (χ0n) is 16.9. The van der Waals surface area contributed by atoms with Crippen LogP contribution in [0.5, 0.6) is 0 Å². The van der Waals surface area contributed by atoms with Gasteiger partial charge in [-0.25, -0.2) is 0 Å². The minimum atomic E-state index is -1.09. The summed E-state index contributed by atoms with van der Waals surface area (Å²) in [4.78, 5) is 12.7. The van der Waals surface area contributed by atoms with E-state index in [1.54, 1.807) is 0 Å². The number of nitrogens with zero attached hydrogens (tertiary/aromatic N) is 2. The number of cyclic esters (lactones) is 1. The van der Waals surface area contributed by atoms with Gasteiger partial charge < -0.3 is 4.74 Å². The lowest BCUT2D eigenvalue weighted by Gasteiger charge is -2.40. The van der Waals surface area contributed by atoms with E-state index in [0.29, 0.717) is 13.0 Å². The summed E-state index contributed by atoms with van der Waals surface area (Å²) in [5, 5.41) is 4.46. The number of ether oxygens (including phenoxy) is 1. The molecule has 2 atom stereocenters. The summed E-state index contributed by atoms with van der Waals surface area (Å²) < 4.78 is 7.91. The summed E-state index contributed by atoms with van der Waals surface area (Å²) in [6.07, 6.45) is 1.88. The molecule has 3 aromatic rings. The van der Waals surface area contributed by atoms with Crippen molar-refractivity contribution in [3.05, 3.63) is 89.2 Å². The lowest BCUT2D eigenvalue weighted by Crippen LogP contribution is -2.53. The Morgan fingerprint density at radius 1 is 1.03 bits per heavy atom. The maximum absolute atomic E-state index is 13.6. The van der Waals surface area contributed by atoms with E-state index >= 15 is 0 Å². The van der Waals surface area contributed by atoms with E-state index in [1.165, 1.54) is 0 Å². The molecule has 0 aliphatic carbocycles. The molecule has 150 valence electrons. The molecule has 1 fully saturated rings. The van der Waals surface area contributed by atoms with Crippen LogP contribution in [-0.2, 0) is 21.5 Å². The first-order chi connectivity index (χ1) is 13.9. The van der Waals surface area contributed by atoms with Crippen LogP contribution in [0.2, 0.25) is 0 Å². The molecule has 0 radical (unpaired) electrons. The minimum absolute atomic E-state index is 0.307. The van der Waals surface area contributed by atoms with Gasteiger partial charge in [-0.2, -0.15) is 5.10 Å². The number of hydrogen-bond acceptors (Lipinski definition) is 3. The Balaban J connectivity index is 1.90. The quantitative estimate of drug-likeness (QED) is 0.450. The van der Waals surface area contributed by atoms with E-state index in [4.69, 9.17) is 16.3 Å². The molecule has 0 bridgehead atoms. The summed E-state index contributed by atoms with van der Waals surface area (Å²) >= 11 is 7.43. The molecule has 2 aromatic carbocycles. The Bertz CT molecular complexity index is 976. The third-order valence-electron chi connectivity index (χ3n) is 6.30. The smallest absolute Gasteiger partial charge is 0.323 e. The van der Waals surface area contributed by atoms with Crippen LogP contribution in [0.25, 0.3) is 0 Å². The minimum Gasteiger partial charge on any atom is -0.457 e. The molecule has 4 rings (SSSR count). The largest absolute Gasteiger partial charge is 0.457 e. The van der Waals surface area contributed by atoms with Crippen molar-refractivity contribution in [2.45, 2.75) is 50.1 Å². The maximum atomic E-state index is 13.6. The van der Waals surface area contributed by atoms with Gasteiger partial charge in [0.2, 0.25) is 0 Å². The number of carbonyl (C=O) groups excluding carboxylic acids is 1. The van der Waals surface area contributed by atoms with Gasteiger partial charge in [-0.15, -0.1) is 11.6 Å². The fourth-order valence-electron chi connectivity index (χ4n) is 4.54. The van der Waals surface area contributed by atoms with Gasteiger partial charge in [0.25, 0.3) is 0 Å². The first-order valence-electron chi connectivity index (χ1n) is 9.95. The van der Waals surface area contributed by atoms with Crippen molar-refractivity contribution < 1.29 is 9.53 Å². The Labute approximate surface area is 176 Å². The number of esters is 1. The van der Waals surface area contributed by atoms with E-state index in [2.05, 4.69) is 5.10 Å². The third-order valence-corrected chi connectivity index (χ3v) is 7.10. The highest BCUT2D eigenvalue weighted by Crippen LogP contribution is 2.55. The van der Waals surface area contributed by atoms with Gasteiger partial charge in [-0.3, -0.25) is 9.48 Å². The fraction of sp³-hybridized carbons (Fsp3) is 0.333. The molecule has 0 N–H and O–H groups in total. The third kappa shape index (κ3) is 2.81. The van der Waals surface area contributed by atoms with E-state index in [0.717, 1.165) is 22.4 Å². The van der Waals surface area contributed by atoms with Gasteiger partial charge in [-0.05, 0) is 37.0 Å². The Kier molecular flexibility index (Phi) is 4.99. The number of rotatable bonds is 5. The van der Waals surface area contributed by atoms with Crippen molar-refractivity contribution in [1.82, 2.24) is 9.78 Å². The monoisotopic (exact) mass is 408 g/mol. The molecule has 1 aliphatic rings. The second-order valence-electron chi connectivity index (χ2n) is 7.69. The molecule has 5 heteroatoms. The lowest BCUT2D eigenvalue weighted by molar-refractivity contribution is -0.145. The Morgan fingerprint density at radius 2 is 1.59 bits per heavy atom. The average Bonchev–Trinajstić information content (AvgIpc) is 3.18. The molecule has 1 aromatic heterocycles. The van der Waals surface area contributed by atoms with Crippen molar-refractivity contribution in [3.63, 3.8) is 0 Å². The molecule has 0 amide bonds. The predicted octanol–water partition coefficient (Wildman–Crippen LogP) is 4.80. The van der Waals surface area contributed by atoms with Crippen LogP contribution in [0.4, 0.5) is 0 Å². The second-order valence-corrected chi connectivity index (χ2v) is 8.36. The molecule has 2 heterocycles. The highest BCUT2D eigenvalue weighted by atomic mass is 35.5. The lowest BCUT2D eigenvalue weighted by atomic mass is 9.64. The summed E-state index contributed by atoms with van der Waals surface area (Å²) in [7, 11) is 0. The fourth-order valence-corrected chi connectivity index (χ4v) is 4.95. The predicted molar refractivity (Wildman–Crippen MR) is 114 cm³/mol. The Morgan fingerprint density at radius 3 is 2.03 bits per heavy atom. The molecule has 1 saturated heterocycles. The van der Waals surface area contributed by atoms with Crippen LogP contribution in [0.15, 0.2) is 66.9 Å². The molecule has 1 aliphatic heterocycles. The number of alkyl halides is 1. The van der Waals surface area contributed by atoms with E-state index in [-0.39, 0.29) is 5.97 Å². The van der Waals surface area contributed by atoms with Crippen molar-refractivity contribution in [3.8, 4) is 0 Å². The first-order valence-corrected chi connectivity index (χ1v) is 10.3. The zero-order valence-corrected chi connectivity index (χ0v) is 17.7. The molecule has 29 heavy (non-hydrogen) atoms. The van der Waals surface area contributed by atoms with Crippen molar-refractivity contribution in [2.24, 2.45) is 0 Å². The highest BCUT2D eigenvalue weighted by Gasteiger charge is 2.68. The van der Waals surface area contributed by atoms with E-state index < -0.39 is 16.4 Å². The number of aromatic nitrogens is 2. The van der Waals surface area contributed by atoms with E-state index in [9.17, 15) is 4.79 Å². The van der Waals surface area contributed by atoms with Crippen LogP contribution < -0.4 is 0 Å². The van der Waals surface area contributed by atoms with E-state index in [1.807, 2.05) is 92.3 Å². The number of aryl methyl sites for hydroxylation is 1. The SMILES string of the molecule is CCC1(Cl)C(Cn2ncc(C)c2C)OC(=O)C1(c1ccccc1)c1ccccc1. The molecular formula is C24H25ClN2O2. The van der Waals surface area contributed by atoms with Gasteiger partial charge in [0.05, 0.1) is 12.7 Å². The first kappa shape index (κ1) is 19.7. The van der Waals surface area contributed by atoms with Gasteiger partial charge >= 0.3 is 5.97 Å². The number of benzene rings is 2. The number of carbonyl (C=O) groups is 1. The molecule has 0 saturated carbocycles. The standard InChI is InChI=1S/C24H25ClN2O2/c1-4-23(25)21(16-27-18(3)17(2)15-26-27)29-22(28)24(23,19-11-7-5-8-12-19)20-13-9-6-10-14-20/h5-15,21H,4,16H2,1-3H3. The van der Waals surface area contributed by atoms with Gasteiger partial charge in [0.1, 0.15) is 16.4 Å². The van der Waals surface area contributed by atoms with Crippen molar-refractivity contribution >= 4 is 17.6 Å². The van der Waals surface area contributed by atoms with Gasteiger partial charge in [0.15, 0.2) is 0 Å². The van der Waals surface area contributed by atoms with Crippen LogP contribution >= 0.6 is 11.6 Å². The van der Waals surface area contributed by atoms with Crippen LogP contribution in [0.3, 0.4) is 0 Å². The average molecular weight is 409 g/mol. The molecular weight excluding hydrogens is 384 g/mol. The molecule has 2 unspecified atom stereocenters. The highest BCUT2D eigenvalue weighted by molar-refractivity contribution is 6.29. The van der Waals surface area contributed by atoms with Crippen molar-refractivity contribution in [1.29, 1.82) is 0 Å². The second kappa shape index (κ2) is 7.34. The van der Waals surface area contributed by atoms with Gasteiger partial charge in [0, 0.05) is 5.69 Å². The molecule has 0 spiro atoms. The van der Waals surface area contributed by atoms with Crippen molar-refractivity contribution in [2.75, 3.05) is 0 Å². The maximum Gasteiger partial charge on any atom is 0.323 e. The summed E-state index contributed by atoms with van der Waals surface area (Å²) in [6.45, 7) is 6.47. The normalized spacial score (nSPS) is 23.2. The molecule has 4 nitrogen and oxygen atoms in total. The number of hydrogen-bond donors (Lipinski definition) is 0. The summed E-state index contributed by atoms with van der Waals surface area (Å²) in [5.41, 5.74) is 2.76. The van der Waals surface area contributed by atoms with Crippen LogP contribution in [0, 0.1) is 13.8 Å². The van der Waals surface area contributed by atoms with Crippen LogP contribution in [0.1, 0.15) is 35.7 Å². The Hall–Kier alpha value is -2.59. The number of halogens is 1. The zero-order chi connectivity index (χ0) is 20.6. The topological polar surface area (TPSA) is 44.1 Å².